The van der Waals surface area contributed by atoms with Crippen LogP contribution in [0.15, 0.2) is 24.3 Å². The van der Waals surface area contributed by atoms with E-state index in [2.05, 4.69) is 5.32 Å². The first-order chi connectivity index (χ1) is 12.1. The second kappa shape index (κ2) is 6.95. The van der Waals surface area contributed by atoms with E-state index in [-0.39, 0.29) is 30.0 Å². The Bertz CT molecular complexity index is 641. The minimum absolute atomic E-state index is 0.0246. The molecule has 8 heteroatoms. The lowest BCUT2D eigenvalue weighted by atomic mass is 9.88. The van der Waals surface area contributed by atoms with Crippen molar-refractivity contribution in [2.24, 2.45) is 5.92 Å². The van der Waals surface area contributed by atoms with Gasteiger partial charge in [0.1, 0.15) is 12.0 Å². The third-order valence-electron chi connectivity index (χ3n) is 5.33. The monoisotopic (exact) mass is 347 g/mol. The Kier molecular flexibility index (Phi) is 4.68. The Morgan fingerprint density at radius 3 is 2.92 bits per heavy atom. The fourth-order valence-electron chi connectivity index (χ4n) is 4.16. The number of carbonyl (C=O) groups is 1. The predicted molar refractivity (Wildman–Crippen MR) is 88.5 cm³/mol. The highest BCUT2D eigenvalue weighted by Crippen LogP contribution is 2.39. The molecule has 134 valence electrons. The van der Waals surface area contributed by atoms with Crippen LogP contribution in [0.5, 0.6) is 5.75 Å². The number of nitrogens with one attached hydrogen (secondary N) is 1. The van der Waals surface area contributed by atoms with Crippen LogP contribution in [0, 0.1) is 5.92 Å². The first-order valence-corrected chi connectivity index (χ1v) is 8.79. The number of amides is 1. The molecule has 0 unspecified atom stereocenters. The summed E-state index contributed by atoms with van der Waals surface area (Å²) in [6, 6.07) is 7.72. The van der Waals surface area contributed by atoms with Gasteiger partial charge in [-0.25, -0.2) is 0 Å². The summed E-state index contributed by atoms with van der Waals surface area (Å²) < 4.78 is 16.5. The molecule has 5 atom stereocenters. The third-order valence-corrected chi connectivity index (χ3v) is 5.33. The molecule has 0 radical (unpaired) electrons. The van der Waals surface area contributed by atoms with Crippen molar-refractivity contribution in [2.75, 3.05) is 6.61 Å². The number of carbonyl (C=O) groups excluding carboxylic acids is 1. The summed E-state index contributed by atoms with van der Waals surface area (Å²) in [5.74, 6) is 0.512. The van der Waals surface area contributed by atoms with Gasteiger partial charge < -0.3 is 29.5 Å². The molecule has 3 heterocycles. The van der Waals surface area contributed by atoms with E-state index in [9.17, 15) is 14.8 Å². The summed E-state index contributed by atoms with van der Waals surface area (Å²) in [6.07, 6.45) is 2.40. The summed E-state index contributed by atoms with van der Waals surface area (Å²) in [6.45, 7) is 0.480. The largest absolute Gasteiger partial charge is 0.635 e. The molecule has 0 spiro atoms. The molecule has 1 amide bonds. The van der Waals surface area contributed by atoms with E-state index in [1.807, 2.05) is 24.3 Å². The van der Waals surface area contributed by atoms with Crippen molar-refractivity contribution >= 4 is 13.2 Å². The quantitative estimate of drug-likeness (QED) is 0.514. The minimum atomic E-state index is -1.95. The van der Waals surface area contributed by atoms with Gasteiger partial charge in [-0.15, -0.1) is 0 Å². The normalized spacial score (nSPS) is 30.6. The first kappa shape index (κ1) is 16.8. The lowest BCUT2D eigenvalue weighted by Crippen LogP contribution is -2.46. The Balaban J connectivity index is 1.41. The fourth-order valence-corrected chi connectivity index (χ4v) is 4.16. The molecule has 25 heavy (non-hydrogen) atoms. The number of hydrogen-bond donors (Lipinski definition) is 3. The average molecular weight is 347 g/mol. The van der Waals surface area contributed by atoms with Crippen molar-refractivity contribution in [3.8, 4) is 5.75 Å². The number of rotatable bonds is 6. The topological polar surface area (TPSA) is 97.3 Å². The molecular weight excluding hydrogens is 325 g/mol. The third kappa shape index (κ3) is 3.53. The van der Waals surface area contributed by atoms with Crippen molar-refractivity contribution in [2.45, 2.75) is 50.0 Å². The molecule has 2 bridgehead atoms. The van der Waals surface area contributed by atoms with Crippen LogP contribution in [0.4, 0.5) is 0 Å². The SMILES string of the molecule is O=C(N[C@H](C[C@@H]1COc2ccccc21)OB(O)O)[C@@H]1C[C@H]2CC[C@@H]1O2. The van der Waals surface area contributed by atoms with Gasteiger partial charge in [-0.1, -0.05) is 18.2 Å². The Hall–Kier alpha value is -1.61. The van der Waals surface area contributed by atoms with Crippen molar-refractivity contribution in [1.82, 2.24) is 5.32 Å². The van der Waals surface area contributed by atoms with Gasteiger partial charge in [0, 0.05) is 17.9 Å². The van der Waals surface area contributed by atoms with Crippen LogP contribution < -0.4 is 10.1 Å². The molecule has 1 aromatic rings. The maximum absolute atomic E-state index is 12.6. The van der Waals surface area contributed by atoms with Gasteiger partial charge in [0.25, 0.3) is 0 Å². The molecule has 4 rings (SSSR count). The summed E-state index contributed by atoms with van der Waals surface area (Å²) in [5.41, 5.74) is 1.04. The number of hydrogen-bond acceptors (Lipinski definition) is 6. The summed E-state index contributed by atoms with van der Waals surface area (Å²) in [7, 11) is -1.95. The number of ether oxygens (including phenoxy) is 2. The van der Waals surface area contributed by atoms with Crippen molar-refractivity contribution in [3.05, 3.63) is 29.8 Å². The molecule has 2 saturated heterocycles. The lowest BCUT2D eigenvalue weighted by molar-refractivity contribution is -0.129. The molecule has 0 saturated carbocycles. The van der Waals surface area contributed by atoms with Gasteiger partial charge in [-0.2, -0.15) is 0 Å². The van der Waals surface area contributed by atoms with Gasteiger partial charge in [0.2, 0.25) is 5.91 Å². The van der Waals surface area contributed by atoms with E-state index in [0.29, 0.717) is 13.0 Å². The molecule has 0 aromatic heterocycles. The van der Waals surface area contributed by atoms with Gasteiger partial charge in [0.15, 0.2) is 0 Å². The first-order valence-electron chi connectivity index (χ1n) is 8.79. The number of benzene rings is 1. The molecule has 7 nitrogen and oxygen atoms in total. The summed E-state index contributed by atoms with van der Waals surface area (Å²) >= 11 is 0. The highest BCUT2D eigenvalue weighted by Gasteiger charge is 2.45. The van der Waals surface area contributed by atoms with E-state index in [4.69, 9.17) is 14.1 Å². The van der Waals surface area contributed by atoms with E-state index < -0.39 is 13.5 Å². The molecular formula is C17H22BNO6. The average Bonchev–Trinajstić information content (AvgIpc) is 3.30. The van der Waals surface area contributed by atoms with Gasteiger partial charge in [0.05, 0.1) is 24.7 Å². The maximum atomic E-state index is 12.6. The summed E-state index contributed by atoms with van der Waals surface area (Å²) in [5, 5.41) is 21.2. The van der Waals surface area contributed by atoms with Crippen LogP contribution in [0.25, 0.3) is 0 Å². The van der Waals surface area contributed by atoms with Crippen LogP contribution in [-0.4, -0.2) is 48.3 Å². The van der Waals surface area contributed by atoms with Gasteiger partial charge >= 0.3 is 7.32 Å². The molecule has 0 aliphatic carbocycles. The fraction of sp³-hybridized carbons (Fsp3) is 0.588. The zero-order valence-corrected chi connectivity index (χ0v) is 13.8. The smallest absolute Gasteiger partial charge is 0.493 e. The second-order valence-electron chi connectivity index (χ2n) is 6.96. The van der Waals surface area contributed by atoms with Crippen LogP contribution in [0.3, 0.4) is 0 Å². The zero-order valence-electron chi connectivity index (χ0n) is 13.8. The van der Waals surface area contributed by atoms with E-state index in [1.165, 1.54) is 0 Å². The highest BCUT2D eigenvalue weighted by atomic mass is 16.6. The molecule has 3 aliphatic rings. The minimum Gasteiger partial charge on any atom is -0.493 e. The van der Waals surface area contributed by atoms with E-state index >= 15 is 0 Å². The van der Waals surface area contributed by atoms with Gasteiger partial charge in [-0.3, -0.25) is 4.79 Å². The molecule has 1 aromatic carbocycles. The predicted octanol–water partition coefficient (Wildman–Crippen LogP) is 0.549. The van der Waals surface area contributed by atoms with E-state index in [0.717, 1.165) is 30.6 Å². The van der Waals surface area contributed by atoms with Crippen LogP contribution in [0.1, 0.15) is 37.2 Å². The van der Waals surface area contributed by atoms with Crippen molar-refractivity contribution in [3.63, 3.8) is 0 Å². The Labute approximate surface area is 146 Å². The lowest BCUT2D eigenvalue weighted by Gasteiger charge is -2.25. The van der Waals surface area contributed by atoms with E-state index in [1.54, 1.807) is 0 Å². The Morgan fingerprint density at radius 2 is 2.20 bits per heavy atom. The Morgan fingerprint density at radius 1 is 1.36 bits per heavy atom. The molecule has 2 fully saturated rings. The molecule has 3 N–H and O–H groups in total. The van der Waals surface area contributed by atoms with Crippen LogP contribution in [0.2, 0.25) is 0 Å². The van der Waals surface area contributed by atoms with Gasteiger partial charge in [-0.05, 0) is 25.3 Å². The number of fused-ring (bicyclic) bond motifs is 3. The standard InChI is InChI=1S/C17H22BNO6/c20-17(13-8-11-5-6-15(13)24-11)19-16(25-18(21)22)7-10-9-23-14-4-2-1-3-12(10)14/h1-4,10-11,13,15-16,21-22H,5-9H2,(H,19,20)/t10-,11-,13-,15+,16+/m1/s1. The number of para-hydroxylation sites is 1. The summed E-state index contributed by atoms with van der Waals surface area (Å²) in [4.78, 5) is 12.6. The van der Waals surface area contributed by atoms with Crippen molar-refractivity contribution < 1.29 is 29.0 Å². The van der Waals surface area contributed by atoms with Crippen LogP contribution >= 0.6 is 0 Å². The molecule has 3 aliphatic heterocycles. The zero-order chi connectivity index (χ0) is 17.4. The highest BCUT2D eigenvalue weighted by molar-refractivity contribution is 6.32. The van der Waals surface area contributed by atoms with Crippen molar-refractivity contribution in [1.29, 1.82) is 0 Å². The second-order valence-corrected chi connectivity index (χ2v) is 6.96. The maximum Gasteiger partial charge on any atom is 0.635 e. The van der Waals surface area contributed by atoms with Crippen LogP contribution in [-0.2, 0) is 14.2 Å².